The van der Waals surface area contributed by atoms with Crippen molar-refractivity contribution in [3.63, 3.8) is 0 Å². The van der Waals surface area contributed by atoms with E-state index in [4.69, 9.17) is 4.52 Å². The van der Waals surface area contributed by atoms with E-state index in [1.165, 1.54) is 0 Å². The SMILES string of the molecule is Cc1nn(C)c2cc(-c3noc([C@H]4CCN(C(=O)CNC=O)CC4(F)F)n3)ccc12. The first-order valence-electron chi connectivity index (χ1n) is 9.40. The van der Waals surface area contributed by atoms with E-state index < -0.39 is 24.3 Å². The van der Waals surface area contributed by atoms with Crippen molar-refractivity contribution < 1.29 is 22.9 Å². The highest BCUT2D eigenvalue weighted by Gasteiger charge is 2.49. The maximum atomic E-state index is 14.7. The summed E-state index contributed by atoms with van der Waals surface area (Å²) in [5, 5.41) is 11.4. The molecular weight excluding hydrogens is 398 g/mol. The molecule has 2 aromatic heterocycles. The van der Waals surface area contributed by atoms with Crippen LogP contribution in [0.15, 0.2) is 22.7 Å². The number of carbonyl (C=O) groups is 2. The number of aryl methyl sites for hydroxylation is 2. The number of nitrogens with zero attached hydrogens (tertiary/aromatic N) is 5. The van der Waals surface area contributed by atoms with Crippen molar-refractivity contribution >= 4 is 23.2 Å². The zero-order chi connectivity index (χ0) is 21.5. The van der Waals surface area contributed by atoms with Gasteiger partial charge < -0.3 is 14.7 Å². The van der Waals surface area contributed by atoms with Crippen LogP contribution in [0.2, 0.25) is 0 Å². The van der Waals surface area contributed by atoms with Gasteiger partial charge in [0.05, 0.1) is 24.3 Å². The van der Waals surface area contributed by atoms with Crippen LogP contribution in [-0.4, -0.2) is 62.7 Å². The summed E-state index contributed by atoms with van der Waals surface area (Å²) in [6, 6.07) is 5.52. The molecule has 11 heteroatoms. The van der Waals surface area contributed by atoms with Crippen LogP contribution in [0.1, 0.15) is 23.9 Å². The third-order valence-electron chi connectivity index (χ3n) is 5.32. The Morgan fingerprint density at radius 2 is 2.23 bits per heavy atom. The lowest BCUT2D eigenvalue weighted by molar-refractivity contribution is -0.144. The predicted octanol–water partition coefficient (Wildman–Crippen LogP) is 1.63. The normalized spacial score (nSPS) is 18.5. The third-order valence-corrected chi connectivity index (χ3v) is 5.32. The maximum Gasteiger partial charge on any atom is 0.276 e. The average molecular weight is 418 g/mol. The van der Waals surface area contributed by atoms with Gasteiger partial charge in [-0.05, 0) is 19.4 Å². The quantitative estimate of drug-likeness (QED) is 0.632. The summed E-state index contributed by atoms with van der Waals surface area (Å²) in [7, 11) is 1.82. The number of amides is 2. The largest absolute Gasteiger partial charge is 0.350 e. The fourth-order valence-electron chi connectivity index (χ4n) is 3.77. The van der Waals surface area contributed by atoms with Gasteiger partial charge in [-0.1, -0.05) is 17.3 Å². The molecule has 30 heavy (non-hydrogen) atoms. The molecule has 0 radical (unpaired) electrons. The number of halogens is 2. The summed E-state index contributed by atoms with van der Waals surface area (Å²) in [6.07, 6.45) is 0.328. The molecule has 9 nitrogen and oxygen atoms in total. The standard InChI is InChI=1S/C19H20F2N6O3/c1-11-13-4-3-12(7-15(13)26(2)24-11)17-23-18(30-25-17)14-5-6-27(9-19(14,20)21)16(29)8-22-10-28/h3-4,7,10,14H,5-6,8-9H2,1-2H3,(H,22,28)/t14-/m1/s1. The number of alkyl halides is 2. The Balaban J connectivity index is 1.55. The van der Waals surface area contributed by atoms with Crippen molar-refractivity contribution in [2.75, 3.05) is 19.6 Å². The van der Waals surface area contributed by atoms with Crippen molar-refractivity contribution in [3.8, 4) is 11.4 Å². The van der Waals surface area contributed by atoms with Gasteiger partial charge in [0, 0.05) is 24.5 Å². The molecule has 3 heterocycles. The molecule has 1 saturated heterocycles. The minimum Gasteiger partial charge on any atom is -0.350 e. The Bertz CT molecular complexity index is 1110. The fraction of sp³-hybridized carbons (Fsp3) is 0.421. The predicted molar refractivity (Wildman–Crippen MR) is 102 cm³/mol. The highest BCUT2D eigenvalue weighted by Crippen LogP contribution is 2.40. The fourth-order valence-corrected chi connectivity index (χ4v) is 3.77. The molecule has 0 bridgehead atoms. The molecule has 1 aliphatic heterocycles. The zero-order valence-electron chi connectivity index (χ0n) is 16.4. The molecule has 2 amide bonds. The molecule has 0 saturated carbocycles. The van der Waals surface area contributed by atoms with Gasteiger partial charge >= 0.3 is 0 Å². The monoisotopic (exact) mass is 418 g/mol. The number of carbonyl (C=O) groups excluding carboxylic acids is 2. The van der Waals surface area contributed by atoms with Crippen molar-refractivity contribution in [3.05, 3.63) is 29.8 Å². The van der Waals surface area contributed by atoms with E-state index in [1.54, 1.807) is 10.7 Å². The highest BCUT2D eigenvalue weighted by molar-refractivity contribution is 5.85. The summed E-state index contributed by atoms with van der Waals surface area (Å²) >= 11 is 0. The highest BCUT2D eigenvalue weighted by atomic mass is 19.3. The average Bonchev–Trinajstić information content (AvgIpc) is 3.30. The number of piperidine rings is 1. The zero-order valence-corrected chi connectivity index (χ0v) is 16.4. The van der Waals surface area contributed by atoms with Crippen LogP contribution in [0, 0.1) is 6.92 Å². The van der Waals surface area contributed by atoms with Crippen LogP contribution in [0.3, 0.4) is 0 Å². The second-order valence-electron chi connectivity index (χ2n) is 7.31. The van der Waals surface area contributed by atoms with Crippen LogP contribution in [0.25, 0.3) is 22.3 Å². The van der Waals surface area contributed by atoms with Crippen LogP contribution in [0.5, 0.6) is 0 Å². The Labute approximate surface area is 170 Å². The smallest absolute Gasteiger partial charge is 0.276 e. The Morgan fingerprint density at radius 3 is 2.97 bits per heavy atom. The maximum absolute atomic E-state index is 14.7. The number of aromatic nitrogens is 4. The van der Waals surface area contributed by atoms with Gasteiger partial charge in [0.1, 0.15) is 5.92 Å². The summed E-state index contributed by atoms with van der Waals surface area (Å²) in [6.45, 7) is 0.931. The molecule has 3 aromatic rings. The van der Waals surface area contributed by atoms with E-state index in [1.807, 2.05) is 26.1 Å². The first-order valence-corrected chi connectivity index (χ1v) is 9.40. The van der Waals surface area contributed by atoms with Gasteiger partial charge in [-0.2, -0.15) is 10.1 Å². The second-order valence-corrected chi connectivity index (χ2v) is 7.31. The van der Waals surface area contributed by atoms with Gasteiger partial charge in [-0.3, -0.25) is 14.3 Å². The second kappa shape index (κ2) is 7.47. The summed E-state index contributed by atoms with van der Waals surface area (Å²) < 4.78 is 36.4. The van der Waals surface area contributed by atoms with Crippen LogP contribution >= 0.6 is 0 Å². The number of benzene rings is 1. The lowest BCUT2D eigenvalue weighted by Crippen LogP contribution is -2.51. The van der Waals surface area contributed by atoms with Crippen molar-refractivity contribution in [2.45, 2.75) is 25.2 Å². The topological polar surface area (TPSA) is 106 Å². The molecule has 1 aliphatic rings. The van der Waals surface area contributed by atoms with E-state index in [-0.39, 0.29) is 31.2 Å². The van der Waals surface area contributed by atoms with Gasteiger partial charge in [0.2, 0.25) is 24.0 Å². The number of nitrogens with one attached hydrogen (secondary N) is 1. The molecule has 0 unspecified atom stereocenters. The molecule has 1 fully saturated rings. The van der Waals surface area contributed by atoms with E-state index in [2.05, 4.69) is 20.6 Å². The minimum atomic E-state index is -3.23. The third kappa shape index (κ3) is 3.51. The van der Waals surface area contributed by atoms with E-state index in [0.717, 1.165) is 21.5 Å². The summed E-state index contributed by atoms with van der Waals surface area (Å²) in [5.41, 5.74) is 2.39. The van der Waals surface area contributed by atoms with E-state index in [9.17, 15) is 18.4 Å². The molecule has 158 valence electrons. The Morgan fingerprint density at radius 1 is 1.43 bits per heavy atom. The molecule has 1 atom stereocenters. The van der Waals surface area contributed by atoms with Gasteiger partial charge in [-0.25, -0.2) is 8.78 Å². The lowest BCUT2D eigenvalue weighted by atomic mass is 9.92. The number of rotatable bonds is 5. The molecule has 4 rings (SSSR count). The first-order chi connectivity index (χ1) is 14.3. The molecular formula is C19H20F2N6O3. The van der Waals surface area contributed by atoms with E-state index in [0.29, 0.717) is 12.0 Å². The Kier molecular flexibility index (Phi) is 4.96. The number of likely N-dealkylation sites (tertiary alicyclic amines) is 1. The van der Waals surface area contributed by atoms with Gasteiger partial charge in [-0.15, -0.1) is 0 Å². The molecule has 0 aliphatic carbocycles. The number of hydrogen-bond acceptors (Lipinski definition) is 6. The summed E-state index contributed by atoms with van der Waals surface area (Å²) in [5.74, 6) is -5.03. The lowest BCUT2D eigenvalue weighted by Gasteiger charge is -2.36. The first kappa shape index (κ1) is 19.9. The van der Waals surface area contributed by atoms with Crippen molar-refractivity contribution in [1.29, 1.82) is 0 Å². The minimum absolute atomic E-state index is 0.0264. The Hall–Kier alpha value is -3.37. The molecule has 0 spiro atoms. The van der Waals surface area contributed by atoms with E-state index >= 15 is 0 Å². The molecule has 1 aromatic carbocycles. The molecule has 1 N–H and O–H groups in total. The number of fused-ring (bicyclic) bond motifs is 1. The summed E-state index contributed by atoms with van der Waals surface area (Å²) in [4.78, 5) is 27.5. The van der Waals surface area contributed by atoms with Crippen molar-refractivity contribution in [1.82, 2.24) is 30.1 Å². The number of hydrogen-bond donors (Lipinski definition) is 1. The van der Waals surface area contributed by atoms with Gasteiger partial charge in [0.25, 0.3) is 5.92 Å². The van der Waals surface area contributed by atoms with Crippen LogP contribution in [-0.2, 0) is 16.6 Å². The van der Waals surface area contributed by atoms with Gasteiger partial charge in [0.15, 0.2) is 0 Å². The van der Waals surface area contributed by atoms with Crippen molar-refractivity contribution in [2.24, 2.45) is 7.05 Å². The van der Waals surface area contributed by atoms with Crippen LogP contribution in [0.4, 0.5) is 8.78 Å². The van der Waals surface area contributed by atoms with Crippen LogP contribution < -0.4 is 5.32 Å².